The van der Waals surface area contributed by atoms with Crippen LogP contribution in [0.15, 0.2) is 24.3 Å². The van der Waals surface area contributed by atoms with Crippen LogP contribution in [0.4, 0.5) is 0 Å². The maximum absolute atomic E-state index is 12.4. The monoisotopic (exact) mass is 280 g/mol. The molecule has 3 nitrogen and oxygen atoms in total. The minimum Gasteiger partial charge on any atom is -0.335 e. The number of hydrogen-bond acceptors (Lipinski definition) is 2. The molecule has 0 radical (unpaired) electrons. The summed E-state index contributed by atoms with van der Waals surface area (Å²) in [5.74, 6) is 0.196. The molecule has 0 aromatic heterocycles. The molecule has 0 saturated carbocycles. The molecule has 2 rings (SSSR count). The van der Waals surface area contributed by atoms with Crippen molar-refractivity contribution in [3.63, 3.8) is 0 Å². The Bertz CT molecular complexity index is 461. The molecule has 19 heavy (non-hydrogen) atoms. The van der Waals surface area contributed by atoms with Crippen LogP contribution in [0, 0.1) is 0 Å². The van der Waals surface area contributed by atoms with Crippen LogP contribution in [0.25, 0.3) is 0 Å². The van der Waals surface area contributed by atoms with Crippen LogP contribution >= 0.6 is 11.6 Å². The predicted octanol–water partition coefficient (Wildman–Crippen LogP) is 3.00. The van der Waals surface area contributed by atoms with Gasteiger partial charge in [0.05, 0.1) is 12.1 Å². The molecule has 104 valence electrons. The lowest BCUT2D eigenvalue weighted by Crippen LogP contribution is -2.42. The molecule has 0 bridgehead atoms. The van der Waals surface area contributed by atoms with Gasteiger partial charge in [0.25, 0.3) is 0 Å². The summed E-state index contributed by atoms with van der Waals surface area (Å²) in [6, 6.07) is 8.10. The van der Waals surface area contributed by atoms with E-state index in [1.54, 1.807) is 0 Å². The number of rotatable bonds is 4. The average Bonchev–Trinajstić information content (AvgIpc) is 2.69. The molecule has 2 atom stereocenters. The molecule has 1 N–H and O–H groups in total. The van der Waals surface area contributed by atoms with Crippen molar-refractivity contribution < 1.29 is 4.79 Å². The summed E-state index contributed by atoms with van der Waals surface area (Å²) < 4.78 is 0. The molecule has 0 spiro atoms. The van der Waals surface area contributed by atoms with Crippen molar-refractivity contribution in [1.82, 2.24) is 10.2 Å². The fraction of sp³-hybridized carbons (Fsp3) is 0.533. The van der Waals surface area contributed by atoms with E-state index in [0.717, 1.165) is 18.5 Å². The first-order chi connectivity index (χ1) is 8.99. The lowest BCUT2D eigenvalue weighted by atomic mass is 10.1. The lowest BCUT2D eigenvalue weighted by Gasteiger charge is -2.25. The second-order valence-corrected chi connectivity index (χ2v) is 5.86. The molecule has 1 aromatic carbocycles. The molecule has 1 heterocycles. The highest BCUT2D eigenvalue weighted by atomic mass is 35.5. The Morgan fingerprint density at radius 1 is 1.37 bits per heavy atom. The van der Waals surface area contributed by atoms with Gasteiger partial charge in [-0.25, -0.2) is 0 Å². The van der Waals surface area contributed by atoms with E-state index in [-0.39, 0.29) is 18.0 Å². The smallest absolute Gasteiger partial charge is 0.240 e. The molecule has 0 aliphatic carbocycles. The summed E-state index contributed by atoms with van der Waals surface area (Å²) in [4.78, 5) is 14.3. The van der Waals surface area contributed by atoms with Crippen LogP contribution in [0.3, 0.4) is 0 Å². The predicted molar refractivity (Wildman–Crippen MR) is 78.3 cm³/mol. The van der Waals surface area contributed by atoms with Crippen molar-refractivity contribution in [1.29, 1.82) is 0 Å². The molecular weight excluding hydrogens is 260 g/mol. The third-order valence-electron chi connectivity index (χ3n) is 3.57. The number of carbonyl (C=O) groups is 1. The normalized spacial score (nSPS) is 21.2. The van der Waals surface area contributed by atoms with Crippen molar-refractivity contribution in [2.24, 2.45) is 0 Å². The number of benzene rings is 1. The SMILES string of the molecule is CC(C)NC1CCN(C(C)c2cccc(Cl)c2)C1=O. The Hall–Kier alpha value is -1.06. The summed E-state index contributed by atoms with van der Waals surface area (Å²) in [5, 5.41) is 4.04. The zero-order valence-electron chi connectivity index (χ0n) is 11.7. The van der Waals surface area contributed by atoms with Gasteiger partial charge < -0.3 is 10.2 Å². The van der Waals surface area contributed by atoms with Gasteiger partial charge in [-0.3, -0.25) is 4.79 Å². The van der Waals surface area contributed by atoms with E-state index in [1.807, 2.05) is 29.2 Å². The maximum atomic E-state index is 12.4. The van der Waals surface area contributed by atoms with Crippen LogP contribution in [0.5, 0.6) is 0 Å². The van der Waals surface area contributed by atoms with E-state index in [0.29, 0.717) is 11.1 Å². The Morgan fingerprint density at radius 3 is 2.74 bits per heavy atom. The Balaban J connectivity index is 2.09. The van der Waals surface area contributed by atoms with Crippen molar-refractivity contribution in [2.75, 3.05) is 6.54 Å². The highest BCUT2D eigenvalue weighted by molar-refractivity contribution is 6.30. The molecule has 2 unspecified atom stereocenters. The van der Waals surface area contributed by atoms with Gasteiger partial charge in [0.15, 0.2) is 0 Å². The molecule has 1 aliphatic rings. The van der Waals surface area contributed by atoms with Gasteiger partial charge in [0, 0.05) is 17.6 Å². The molecule has 1 aromatic rings. The number of amides is 1. The van der Waals surface area contributed by atoms with Gasteiger partial charge >= 0.3 is 0 Å². The first-order valence-electron chi connectivity index (χ1n) is 6.81. The fourth-order valence-corrected chi connectivity index (χ4v) is 2.79. The Morgan fingerprint density at radius 2 is 2.11 bits per heavy atom. The van der Waals surface area contributed by atoms with Crippen molar-refractivity contribution in [3.05, 3.63) is 34.9 Å². The number of likely N-dealkylation sites (tertiary alicyclic amines) is 1. The Kier molecular flexibility index (Phi) is 4.48. The maximum Gasteiger partial charge on any atom is 0.240 e. The first-order valence-corrected chi connectivity index (χ1v) is 7.19. The molecule has 1 saturated heterocycles. The van der Waals surface area contributed by atoms with Crippen molar-refractivity contribution in [2.45, 2.75) is 45.3 Å². The number of halogens is 1. The number of carbonyl (C=O) groups excluding carboxylic acids is 1. The van der Waals surface area contributed by atoms with Gasteiger partial charge in [-0.15, -0.1) is 0 Å². The van der Waals surface area contributed by atoms with E-state index < -0.39 is 0 Å². The van der Waals surface area contributed by atoms with Gasteiger partial charge in [-0.2, -0.15) is 0 Å². The highest BCUT2D eigenvalue weighted by Crippen LogP contribution is 2.27. The lowest BCUT2D eigenvalue weighted by molar-refractivity contribution is -0.131. The van der Waals surface area contributed by atoms with Crippen LogP contribution in [-0.4, -0.2) is 29.4 Å². The minimum absolute atomic E-state index is 0.0402. The quantitative estimate of drug-likeness (QED) is 0.920. The molecule has 4 heteroatoms. The van der Waals surface area contributed by atoms with Gasteiger partial charge in [0.2, 0.25) is 5.91 Å². The zero-order chi connectivity index (χ0) is 14.0. The van der Waals surface area contributed by atoms with Gasteiger partial charge in [-0.05, 0) is 31.0 Å². The van der Waals surface area contributed by atoms with Crippen molar-refractivity contribution >= 4 is 17.5 Å². The standard InChI is InChI=1S/C15H21ClN2O/c1-10(2)17-14-7-8-18(15(14)19)11(3)12-5-4-6-13(16)9-12/h4-6,9-11,14,17H,7-8H2,1-3H3. The van der Waals surface area contributed by atoms with Crippen LogP contribution in [0.2, 0.25) is 5.02 Å². The van der Waals surface area contributed by atoms with Crippen LogP contribution in [-0.2, 0) is 4.79 Å². The van der Waals surface area contributed by atoms with E-state index in [9.17, 15) is 4.79 Å². The van der Waals surface area contributed by atoms with E-state index in [1.165, 1.54) is 0 Å². The molecular formula is C15H21ClN2O. The van der Waals surface area contributed by atoms with E-state index >= 15 is 0 Å². The third kappa shape index (κ3) is 3.28. The second kappa shape index (κ2) is 5.93. The minimum atomic E-state index is -0.0402. The van der Waals surface area contributed by atoms with Crippen LogP contribution < -0.4 is 5.32 Å². The molecule has 1 amide bonds. The average molecular weight is 281 g/mol. The highest BCUT2D eigenvalue weighted by Gasteiger charge is 2.34. The largest absolute Gasteiger partial charge is 0.335 e. The fourth-order valence-electron chi connectivity index (χ4n) is 2.59. The summed E-state index contributed by atoms with van der Waals surface area (Å²) in [6.07, 6.45) is 0.877. The number of hydrogen-bond donors (Lipinski definition) is 1. The van der Waals surface area contributed by atoms with Gasteiger partial charge in [-0.1, -0.05) is 37.6 Å². The zero-order valence-corrected chi connectivity index (χ0v) is 12.4. The number of nitrogens with zero attached hydrogens (tertiary/aromatic N) is 1. The second-order valence-electron chi connectivity index (χ2n) is 5.43. The third-order valence-corrected chi connectivity index (χ3v) is 3.81. The summed E-state index contributed by atoms with van der Waals surface area (Å²) in [5.41, 5.74) is 1.09. The molecule has 1 aliphatic heterocycles. The summed E-state index contributed by atoms with van der Waals surface area (Å²) in [7, 11) is 0. The van der Waals surface area contributed by atoms with Crippen molar-refractivity contribution in [3.8, 4) is 0 Å². The number of nitrogens with one attached hydrogen (secondary N) is 1. The van der Waals surface area contributed by atoms with Gasteiger partial charge in [0.1, 0.15) is 0 Å². The van der Waals surface area contributed by atoms with E-state index in [4.69, 9.17) is 11.6 Å². The topological polar surface area (TPSA) is 32.3 Å². The van der Waals surface area contributed by atoms with Crippen LogP contribution in [0.1, 0.15) is 38.8 Å². The Labute approximate surface area is 119 Å². The molecule has 1 fully saturated rings. The summed E-state index contributed by atoms with van der Waals surface area (Å²) >= 11 is 6.01. The summed E-state index contributed by atoms with van der Waals surface area (Å²) in [6.45, 7) is 6.99. The van der Waals surface area contributed by atoms with E-state index in [2.05, 4.69) is 26.1 Å². The first kappa shape index (κ1) is 14.4.